The average molecular weight is 214 g/mol. The zero-order valence-electron chi connectivity index (χ0n) is 9.48. The van der Waals surface area contributed by atoms with Crippen LogP contribution in [0.4, 0.5) is 0 Å². The number of amides is 1. The standard InChI is InChI=1S/C11H22N2O2/c1-2-10(12)11(15)13-7-4-3-5-9(13)6-8-14/h9-10,14H,2-8,12H2,1H3. The summed E-state index contributed by atoms with van der Waals surface area (Å²) >= 11 is 0. The van der Waals surface area contributed by atoms with Crippen LogP contribution in [0.15, 0.2) is 0 Å². The normalized spacial score (nSPS) is 23.9. The maximum absolute atomic E-state index is 11.9. The summed E-state index contributed by atoms with van der Waals surface area (Å²) in [5.74, 6) is 0.0515. The first-order valence-electron chi connectivity index (χ1n) is 5.87. The monoisotopic (exact) mass is 214 g/mol. The second-order valence-corrected chi connectivity index (χ2v) is 4.21. The van der Waals surface area contributed by atoms with E-state index in [2.05, 4.69) is 0 Å². The molecule has 0 radical (unpaired) electrons. The summed E-state index contributed by atoms with van der Waals surface area (Å²) in [5, 5.41) is 8.94. The number of carbonyl (C=O) groups is 1. The molecule has 0 bridgehead atoms. The Labute approximate surface area is 91.4 Å². The molecule has 4 nitrogen and oxygen atoms in total. The highest BCUT2D eigenvalue weighted by atomic mass is 16.3. The van der Waals surface area contributed by atoms with Gasteiger partial charge in [0.1, 0.15) is 0 Å². The largest absolute Gasteiger partial charge is 0.396 e. The van der Waals surface area contributed by atoms with Crippen LogP contribution in [0.5, 0.6) is 0 Å². The van der Waals surface area contributed by atoms with Crippen LogP contribution in [0.25, 0.3) is 0 Å². The molecule has 0 aromatic rings. The minimum Gasteiger partial charge on any atom is -0.396 e. The van der Waals surface area contributed by atoms with E-state index in [1.165, 1.54) is 0 Å². The van der Waals surface area contributed by atoms with Crippen molar-refractivity contribution in [2.75, 3.05) is 13.2 Å². The fourth-order valence-corrected chi connectivity index (χ4v) is 2.13. The van der Waals surface area contributed by atoms with Crippen LogP contribution in [0.3, 0.4) is 0 Å². The molecule has 15 heavy (non-hydrogen) atoms. The van der Waals surface area contributed by atoms with E-state index < -0.39 is 0 Å². The van der Waals surface area contributed by atoms with Gasteiger partial charge in [-0.25, -0.2) is 0 Å². The van der Waals surface area contributed by atoms with Crippen LogP contribution in [-0.2, 0) is 4.79 Å². The number of aliphatic hydroxyl groups excluding tert-OH is 1. The summed E-state index contributed by atoms with van der Waals surface area (Å²) in [5.41, 5.74) is 5.75. The highest BCUT2D eigenvalue weighted by Crippen LogP contribution is 2.20. The van der Waals surface area contributed by atoms with Gasteiger partial charge in [0.2, 0.25) is 5.91 Å². The molecule has 0 aromatic carbocycles. The lowest BCUT2D eigenvalue weighted by atomic mass is 9.98. The number of nitrogens with two attached hydrogens (primary N) is 1. The van der Waals surface area contributed by atoms with Crippen LogP contribution in [0, 0.1) is 0 Å². The molecule has 4 heteroatoms. The quantitative estimate of drug-likeness (QED) is 0.715. The molecule has 0 spiro atoms. The van der Waals surface area contributed by atoms with Gasteiger partial charge >= 0.3 is 0 Å². The van der Waals surface area contributed by atoms with E-state index in [9.17, 15) is 4.79 Å². The van der Waals surface area contributed by atoms with Gasteiger partial charge in [0.15, 0.2) is 0 Å². The van der Waals surface area contributed by atoms with Crippen molar-refractivity contribution in [2.24, 2.45) is 5.73 Å². The van der Waals surface area contributed by atoms with Gasteiger partial charge < -0.3 is 15.7 Å². The van der Waals surface area contributed by atoms with Gasteiger partial charge in [-0.05, 0) is 32.1 Å². The zero-order chi connectivity index (χ0) is 11.3. The summed E-state index contributed by atoms with van der Waals surface area (Å²) < 4.78 is 0. The minimum atomic E-state index is -0.371. The Morgan fingerprint density at radius 3 is 2.93 bits per heavy atom. The van der Waals surface area contributed by atoms with Crippen LogP contribution in [0.2, 0.25) is 0 Å². The topological polar surface area (TPSA) is 66.6 Å². The van der Waals surface area contributed by atoms with Gasteiger partial charge in [-0.1, -0.05) is 6.92 Å². The molecule has 1 fully saturated rings. The summed E-state index contributed by atoms with van der Waals surface area (Å²) in [4.78, 5) is 13.8. The number of piperidine rings is 1. The number of hydrogen-bond acceptors (Lipinski definition) is 3. The molecule has 88 valence electrons. The van der Waals surface area contributed by atoms with Crippen molar-refractivity contribution in [1.82, 2.24) is 4.90 Å². The molecule has 2 unspecified atom stereocenters. The van der Waals surface area contributed by atoms with Crippen molar-refractivity contribution < 1.29 is 9.90 Å². The summed E-state index contributed by atoms with van der Waals surface area (Å²) in [6.45, 7) is 2.88. The van der Waals surface area contributed by atoms with Crippen molar-refractivity contribution >= 4 is 5.91 Å². The van der Waals surface area contributed by atoms with Crippen LogP contribution in [-0.4, -0.2) is 41.1 Å². The highest BCUT2D eigenvalue weighted by molar-refractivity contribution is 5.82. The number of likely N-dealkylation sites (tertiary alicyclic amines) is 1. The molecule has 1 amide bonds. The van der Waals surface area contributed by atoms with Crippen LogP contribution >= 0.6 is 0 Å². The number of rotatable bonds is 4. The van der Waals surface area contributed by atoms with E-state index in [1.54, 1.807) is 0 Å². The minimum absolute atomic E-state index is 0.0515. The highest BCUT2D eigenvalue weighted by Gasteiger charge is 2.28. The Balaban J connectivity index is 2.58. The summed E-state index contributed by atoms with van der Waals surface area (Å²) in [7, 11) is 0. The lowest BCUT2D eigenvalue weighted by Crippen LogP contribution is -2.50. The van der Waals surface area contributed by atoms with Crippen LogP contribution in [0.1, 0.15) is 39.0 Å². The van der Waals surface area contributed by atoms with Crippen molar-refractivity contribution in [2.45, 2.75) is 51.1 Å². The lowest BCUT2D eigenvalue weighted by molar-refractivity contribution is -0.136. The predicted octanol–water partition coefficient (Wildman–Crippen LogP) is 0.487. The van der Waals surface area contributed by atoms with Crippen molar-refractivity contribution in [3.8, 4) is 0 Å². The maximum Gasteiger partial charge on any atom is 0.239 e. The van der Waals surface area contributed by atoms with Gasteiger partial charge in [0.05, 0.1) is 6.04 Å². The fourth-order valence-electron chi connectivity index (χ4n) is 2.13. The van der Waals surface area contributed by atoms with Crippen LogP contribution < -0.4 is 5.73 Å². The number of nitrogens with zero attached hydrogens (tertiary/aromatic N) is 1. The molecule has 2 atom stereocenters. The Bertz CT molecular complexity index is 207. The van der Waals surface area contributed by atoms with E-state index in [4.69, 9.17) is 10.8 Å². The zero-order valence-corrected chi connectivity index (χ0v) is 9.48. The van der Waals surface area contributed by atoms with Gasteiger partial charge in [-0.3, -0.25) is 4.79 Å². The third-order valence-electron chi connectivity index (χ3n) is 3.13. The Morgan fingerprint density at radius 2 is 2.33 bits per heavy atom. The number of hydrogen-bond donors (Lipinski definition) is 2. The van der Waals surface area contributed by atoms with Crippen molar-refractivity contribution in [1.29, 1.82) is 0 Å². The molecule has 1 saturated heterocycles. The summed E-state index contributed by atoms with van der Waals surface area (Å²) in [6, 6.07) is -0.168. The van der Waals surface area contributed by atoms with E-state index in [0.29, 0.717) is 12.8 Å². The van der Waals surface area contributed by atoms with Gasteiger partial charge in [-0.15, -0.1) is 0 Å². The molecule has 0 aromatic heterocycles. The third kappa shape index (κ3) is 3.18. The first-order chi connectivity index (χ1) is 7.20. The molecule has 3 N–H and O–H groups in total. The Morgan fingerprint density at radius 1 is 1.60 bits per heavy atom. The van der Waals surface area contributed by atoms with E-state index in [1.807, 2.05) is 11.8 Å². The Hall–Kier alpha value is -0.610. The second-order valence-electron chi connectivity index (χ2n) is 4.21. The molecular formula is C11H22N2O2. The maximum atomic E-state index is 11.9. The molecule has 1 aliphatic rings. The van der Waals surface area contributed by atoms with E-state index in [-0.39, 0.29) is 24.6 Å². The lowest BCUT2D eigenvalue weighted by Gasteiger charge is -2.37. The smallest absolute Gasteiger partial charge is 0.239 e. The number of carbonyl (C=O) groups excluding carboxylic acids is 1. The number of aliphatic hydroxyl groups is 1. The Kier molecular flexibility index (Phi) is 5.05. The third-order valence-corrected chi connectivity index (χ3v) is 3.13. The molecule has 0 saturated carbocycles. The second kappa shape index (κ2) is 6.08. The van der Waals surface area contributed by atoms with Gasteiger partial charge in [-0.2, -0.15) is 0 Å². The molecule has 1 rings (SSSR count). The van der Waals surface area contributed by atoms with Crippen molar-refractivity contribution in [3.05, 3.63) is 0 Å². The first-order valence-corrected chi connectivity index (χ1v) is 5.87. The van der Waals surface area contributed by atoms with Crippen molar-refractivity contribution in [3.63, 3.8) is 0 Å². The van der Waals surface area contributed by atoms with E-state index >= 15 is 0 Å². The molecule has 1 aliphatic heterocycles. The fraction of sp³-hybridized carbons (Fsp3) is 0.909. The van der Waals surface area contributed by atoms with Gasteiger partial charge in [0.25, 0.3) is 0 Å². The molecule has 1 heterocycles. The molecular weight excluding hydrogens is 192 g/mol. The summed E-state index contributed by atoms with van der Waals surface area (Å²) in [6.07, 6.45) is 4.58. The first kappa shape index (κ1) is 12.5. The average Bonchev–Trinajstić information content (AvgIpc) is 2.28. The predicted molar refractivity (Wildman–Crippen MR) is 59.3 cm³/mol. The SMILES string of the molecule is CCC(N)C(=O)N1CCCCC1CCO. The van der Waals surface area contributed by atoms with E-state index in [0.717, 1.165) is 25.8 Å². The molecule has 0 aliphatic carbocycles. The van der Waals surface area contributed by atoms with Gasteiger partial charge in [0, 0.05) is 19.2 Å².